The molecule has 0 aliphatic carbocycles. The van der Waals surface area contributed by atoms with Crippen LogP contribution in [0.5, 0.6) is 0 Å². The summed E-state index contributed by atoms with van der Waals surface area (Å²) in [6.45, 7) is 18.3. The highest BCUT2D eigenvalue weighted by Crippen LogP contribution is 2.40. The van der Waals surface area contributed by atoms with Gasteiger partial charge in [0, 0.05) is 24.3 Å². The molecule has 0 spiro atoms. The van der Waals surface area contributed by atoms with Gasteiger partial charge in [0.25, 0.3) is 0 Å². The Morgan fingerprint density at radius 3 is 1.78 bits per heavy atom. The average molecular weight is 792 g/mol. The minimum absolute atomic E-state index is 0.0267. The lowest BCUT2D eigenvalue weighted by Gasteiger charge is -2.50. The van der Waals surface area contributed by atoms with Crippen molar-refractivity contribution in [2.24, 2.45) is 21.7 Å². The summed E-state index contributed by atoms with van der Waals surface area (Å²) >= 11 is 6.22. The van der Waals surface area contributed by atoms with Gasteiger partial charge in [-0.25, -0.2) is 0 Å². The number of unbranched alkanes of at least 4 members (excludes halogenated alkanes) is 3. The molecule has 1 N–H and O–H groups in total. The van der Waals surface area contributed by atoms with Crippen LogP contribution in [0, 0.1) is 21.7 Å². The number of carbonyl (C=O) groups excluding carboxylic acids is 5. The molecule has 0 bridgehead atoms. The van der Waals surface area contributed by atoms with E-state index in [0.717, 1.165) is 19.3 Å². The number of ether oxygens (including phenoxy) is 5. The molecule has 13 heteroatoms. The van der Waals surface area contributed by atoms with E-state index in [1.165, 1.54) is 6.08 Å². The zero-order valence-corrected chi connectivity index (χ0v) is 35.2. The Balaban J connectivity index is 2.19. The first-order chi connectivity index (χ1) is 25.4. The van der Waals surface area contributed by atoms with Crippen molar-refractivity contribution in [1.82, 2.24) is 4.90 Å². The van der Waals surface area contributed by atoms with E-state index in [0.29, 0.717) is 23.4 Å². The molecule has 1 fully saturated rings. The maximum absolute atomic E-state index is 13.8. The van der Waals surface area contributed by atoms with E-state index in [2.05, 4.69) is 0 Å². The Kier molecular flexibility index (Phi) is 15.6. The first-order valence-corrected chi connectivity index (χ1v) is 19.6. The molecule has 2 aliphatic heterocycles. The lowest BCUT2D eigenvalue weighted by Crippen LogP contribution is -2.67. The van der Waals surface area contributed by atoms with Crippen LogP contribution < -0.4 is 0 Å². The highest BCUT2D eigenvalue weighted by atomic mass is 35.5. The maximum Gasteiger partial charge on any atom is 0.311 e. The Bertz CT molecular complexity index is 1530. The fraction of sp³-hybridized carbons (Fsp3) is 0.690. The van der Waals surface area contributed by atoms with Crippen molar-refractivity contribution in [3.05, 3.63) is 47.1 Å². The van der Waals surface area contributed by atoms with Crippen molar-refractivity contribution < 1.29 is 52.8 Å². The summed E-state index contributed by atoms with van der Waals surface area (Å²) in [5.74, 6) is -2.63. The summed E-state index contributed by atoms with van der Waals surface area (Å²) in [6, 6.07) is 6.31. The molecule has 0 saturated carbocycles. The second-order valence-electron chi connectivity index (χ2n) is 18.3. The van der Waals surface area contributed by atoms with Gasteiger partial charge in [0.1, 0.15) is 12.7 Å². The fourth-order valence-corrected chi connectivity index (χ4v) is 6.06. The van der Waals surface area contributed by atoms with Crippen LogP contribution in [0.15, 0.2) is 36.5 Å². The molecule has 2 heterocycles. The zero-order chi connectivity index (χ0) is 41.5. The van der Waals surface area contributed by atoms with Gasteiger partial charge in [0.15, 0.2) is 30.3 Å². The molecule has 1 aromatic rings. The molecule has 3 rings (SSSR count). The molecule has 55 heavy (non-hydrogen) atoms. The molecule has 0 aromatic heterocycles. The molecule has 2 aliphatic rings. The third-order valence-corrected chi connectivity index (χ3v) is 9.80. The van der Waals surface area contributed by atoms with Gasteiger partial charge in [-0.05, 0) is 113 Å². The van der Waals surface area contributed by atoms with Crippen molar-refractivity contribution in [1.29, 1.82) is 0 Å². The average Bonchev–Trinajstić information content (AvgIpc) is 3.07. The van der Waals surface area contributed by atoms with Crippen molar-refractivity contribution in [3.63, 3.8) is 0 Å². The first-order valence-electron chi connectivity index (χ1n) is 19.2. The second-order valence-corrected chi connectivity index (χ2v) is 18.7. The van der Waals surface area contributed by atoms with Crippen LogP contribution in [0.4, 0.5) is 0 Å². The topological polar surface area (TPSA) is 155 Å². The van der Waals surface area contributed by atoms with Crippen molar-refractivity contribution >= 4 is 41.3 Å². The van der Waals surface area contributed by atoms with Crippen LogP contribution in [-0.2, 0) is 47.7 Å². The largest absolute Gasteiger partial charge is 0.462 e. The van der Waals surface area contributed by atoms with Gasteiger partial charge in [-0.3, -0.25) is 24.0 Å². The normalized spacial score (nSPS) is 23.6. The zero-order valence-electron chi connectivity index (χ0n) is 34.4. The predicted molar refractivity (Wildman–Crippen MR) is 206 cm³/mol. The number of halogens is 1. The number of allylic oxidation sites excluding steroid dienone is 1. The van der Waals surface area contributed by atoms with E-state index in [-0.39, 0.29) is 18.8 Å². The lowest BCUT2D eigenvalue weighted by atomic mass is 9.87. The van der Waals surface area contributed by atoms with Gasteiger partial charge in [0.2, 0.25) is 0 Å². The quantitative estimate of drug-likeness (QED) is 0.114. The van der Waals surface area contributed by atoms with Gasteiger partial charge >= 0.3 is 23.9 Å². The van der Waals surface area contributed by atoms with Gasteiger partial charge in [-0.1, -0.05) is 43.0 Å². The number of benzene rings is 1. The van der Waals surface area contributed by atoms with Crippen LogP contribution in [0.3, 0.4) is 0 Å². The van der Waals surface area contributed by atoms with Crippen LogP contribution in [0.25, 0.3) is 0 Å². The monoisotopic (exact) mass is 791 g/mol. The fourth-order valence-electron chi connectivity index (χ4n) is 5.93. The standard InChI is InChI=1S/C42H62ClNO11/c1-39(2,3)35(47)53-31-30(25-51-38(50)42(10,11)21-14-12-13-15-23-45)52-34(44-22-20-28(46)24-29(44)26-16-18-27(43)19-17-26)33(55-37(49)41(7,8)9)32(31)54-36(48)40(4,5)6/h16-20,22,29-34,45H,12-15,21,23-25H2,1-11H3/t29-,30+,31-,32-,33+,34+/m0/s1. The Labute approximate surface area is 331 Å². The number of aliphatic hydroxyl groups excluding tert-OH is 1. The first kappa shape index (κ1) is 45.9. The van der Waals surface area contributed by atoms with Crippen LogP contribution >= 0.6 is 11.6 Å². The van der Waals surface area contributed by atoms with E-state index < -0.39 is 88.8 Å². The van der Waals surface area contributed by atoms with Gasteiger partial charge in [-0.15, -0.1) is 0 Å². The number of hydrogen-bond donors (Lipinski definition) is 1. The van der Waals surface area contributed by atoms with E-state index in [1.807, 2.05) is 0 Å². The van der Waals surface area contributed by atoms with E-state index in [1.54, 1.807) is 112 Å². The number of ketones is 1. The number of hydrogen-bond acceptors (Lipinski definition) is 12. The number of carbonyl (C=O) groups is 5. The highest BCUT2D eigenvalue weighted by Gasteiger charge is 2.57. The Hall–Kier alpha value is -3.48. The minimum atomic E-state index is -1.44. The van der Waals surface area contributed by atoms with E-state index in [4.69, 9.17) is 40.4 Å². The maximum atomic E-state index is 13.8. The minimum Gasteiger partial charge on any atom is -0.462 e. The molecule has 1 saturated heterocycles. The molecule has 308 valence electrons. The van der Waals surface area contributed by atoms with Crippen LogP contribution in [-0.4, -0.2) is 83.5 Å². The summed E-state index contributed by atoms with van der Waals surface area (Å²) < 4.78 is 31.3. The highest BCUT2D eigenvalue weighted by molar-refractivity contribution is 6.30. The lowest BCUT2D eigenvalue weighted by molar-refractivity contribution is -0.283. The van der Waals surface area contributed by atoms with Crippen molar-refractivity contribution in [2.45, 2.75) is 151 Å². The van der Waals surface area contributed by atoms with Gasteiger partial charge in [0.05, 0.1) is 27.7 Å². The number of aliphatic hydroxyl groups is 1. The smallest absolute Gasteiger partial charge is 0.311 e. The second kappa shape index (κ2) is 18.6. The molecular weight excluding hydrogens is 730 g/mol. The molecule has 0 amide bonds. The van der Waals surface area contributed by atoms with Crippen LogP contribution in [0.2, 0.25) is 5.02 Å². The van der Waals surface area contributed by atoms with E-state index >= 15 is 0 Å². The Morgan fingerprint density at radius 1 is 0.745 bits per heavy atom. The van der Waals surface area contributed by atoms with Crippen molar-refractivity contribution in [2.75, 3.05) is 13.2 Å². The number of rotatable bonds is 14. The molecule has 12 nitrogen and oxygen atoms in total. The van der Waals surface area contributed by atoms with Crippen LogP contribution in [0.1, 0.15) is 126 Å². The molecule has 0 radical (unpaired) electrons. The summed E-state index contributed by atoms with van der Waals surface area (Å²) in [7, 11) is 0. The molecule has 0 unspecified atom stereocenters. The van der Waals surface area contributed by atoms with Gasteiger partial charge < -0.3 is 33.7 Å². The molecular formula is C42H62ClNO11. The van der Waals surface area contributed by atoms with Gasteiger partial charge in [-0.2, -0.15) is 0 Å². The summed E-state index contributed by atoms with van der Waals surface area (Å²) in [5, 5.41) is 9.62. The third kappa shape index (κ3) is 12.8. The summed E-state index contributed by atoms with van der Waals surface area (Å²) in [6.07, 6.45) is -0.103. The predicted octanol–water partition coefficient (Wildman–Crippen LogP) is 7.28. The Morgan fingerprint density at radius 2 is 1.25 bits per heavy atom. The summed E-state index contributed by atoms with van der Waals surface area (Å²) in [5.41, 5.74) is -3.23. The number of esters is 4. The summed E-state index contributed by atoms with van der Waals surface area (Å²) in [4.78, 5) is 69.5. The molecule has 6 atom stereocenters. The van der Waals surface area contributed by atoms with E-state index in [9.17, 15) is 24.0 Å². The molecule has 1 aromatic carbocycles. The third-order valence-electron chi connectivity index (χ3n) is 9.55. The number of nitrogens with zero attached hydrogens (tertiary/aromatic N) is 1. The SMILES string of the molecule is CC(C)(C)C(=O)O[C@@H]1[C@@H](OC(=O)C(C)(C)C)[C@H](N2C=CC(=O)C[C@H]2c2ccc(Cl)cc2)O[C@H](COC(=O)C(C)(C)CCCCCCO)[C@@H]1OC(=O)C(C)(C)C. The van der Waals surface area contributed by atoms with Crippen molar-refractivity contribution in [3.8, 4) is 0 Å².